The monoisotopic (exact) mass is 168 g/mol. The Kier molecular flexibility index (Phi) is 2.80. The van der Waals surface area contributed by atoms with Gasteiger partial charge in [-0.1, -0.05) is 15.9 Å². The van der Waals surface area contributed by atoms with Gasteiger partial charge >= 0.3 is 0 Å². The van der Waals surface area contributed by atoms with Gasteiger partial charge in [0.25, 0.3) is 0 Å². The molecular weight excluding hydrogens is 160 g/mol. The number of halogens is 1. The highest BCUT2D eigenvalue weighted by Gasteiger charge is 2.15. The van der Waals surface area contributed by atoms with E-state index >= 15 is 0 Å². The molecule has 2 N–H and O–H groups in total. The molecule has 0 unspecified atom stereocenters. The van der Waals surface area contributed by atoms with Crippen molar-refractivity contribution in [1.29, 1.82) is 0 Å². The number of alkyl halides is 1. The highest BCUT2D eigenvalue weighted by Crippen LogP contribution is 2.03. The van der Waals surface area contributed by atoms with Gasteiger partial charge in [0.15, 0.2) is 0 Å². The van der Waals surface area contributed by atoms with Crippen LogP contribution in [-0.2, 0) is 0 Å². The second-order valence-electron chi connectivity index (χ2n) is 1.79. The van der Waals surface area contributed by atoms with Crippen LogP contribution in [0.3, 0.4) is 0 Å². The smallest absolute Gasteiger partial charge is 0.0945 e. The third-order valence-corrected chi connectivity index (χ3v) is 1.84. The van der Waals surface area contributed by atoms with Gasteiger partial charge in [-0.15, -0.1) is 0 Å². The zero-order chi connectivity index (χ0) is 5.91. The largest absolute Gasteiger partial charge is 0.393 e. The molecule has 0 bridgehead atoms. The Morgan fingerprint density at radius 2 is 2.14 bits per heavy atom. The van der Waals surface area contributed by atoms with Gasteiger partial charge in [0.05, 0.1) is 12.2 Å². The van der Waals surface area contributed by atoms with Gasteiger partial charge in [0, 0.05) is 5.33 Å². The zero-order valence-electron chi connectivity index (χ0n) is 4.19. The number of rotatable bonds is 2. The molecule has 2 nitrogen and oxygen atoms in total. The summed E-state index contributed by atoms with van der Waals surface area (Å²) in [6, 6.07) is 0. The van der Waals surface area contributed by atoms with Crippen LogP contribution in [0.2, 0.25) is 0 Å². The molecule has 0 amide bonds. The molecule has 0 aromatic heterocycles. The van der Waals surface area contributed by atoms with E-state index < -0.39 is 5.60 Å². The number of aliphatic hydroxyl groups is 2. The van der Waals surface area contributed by atoms with E-state index in [0.29, 0.717) is 5.33 Å². The van der Waals surface area contributed by atoms with Crippen molar-refractivity contribution in [3.63, 3.8) is 0 Å². The molecule has 0 aliphatic carbocycles. The molecule has 0 fully saturated rings. The quantitative estimate of drug-likeness (QED) is 0.576. The number of hydrogen-bond acceptors (Lipinski definition) is 2. The highest BCUT2D eigenvalue weighted by molar-refractivity contribution is 9.09. The summed E-state index contributed by atoms with van der Waals surface area (Å²) in [4.78, 5) is 0. The SMILES string of the molecule is C[C@@](O)(CO)CBr. The van der Waals surface area contributed by atoms with E-state index in [4.69, 9.17) is 10.2 Å². The summed E-state index contributed by atoms with van der Waals surface area (Å²) >= 11 is 3.02. The Morgan fingerprint density at radius 3 is 2.14 bits per heavy atom. The molecule has 0 heterocycles. The molecule has 0 spiro atoms. The molecule has 0 aromatic carbocycles. The van der Waals surface area contributed by atoms with Gasteiger partial charge in [-0.3, -0.25) is 0 Å². The molecule has 44 valence electrons. The first-order valence-electron chi connectivity index (χ1n) is 2.01. The maximum Gasteiger partial charge on any atom is 0.0945 e. The van der Waals surface area contributed by atoms with Crippen LogP contribution >= 0.6 is 15.9 Å². The van der Waals surface area contributed by atoms with E-state index in [9.17, 15) is 0 Å². The van der Waals surface area contributed by atoms with E-state index in [-0.39, 0.29) is 6.61 Å². The van der Waals surface area contributed by atoms with Gasteiger partial charge in [0.1, 0.15) is 0 Å². The van der Waals surface area contributed by atoms with Gasteiger partial charge in [-0.25, -0.2) is 0 Å². The predicted octanol–water partition coefficient (Wildman–Crippen LogP) is 0.125. The molecule has 0 rings (SSSR count). The Hall–Kier alpha value is 0.400. The van der Waals surface area contributed by atoms with Crippen LogP contribution in [0.15, 0.2) is 0 Å². The molecule has 0 aliphatic rings. The summed E-state index contributed by atoms with van der Waals surface area (Å²) < 4.78 is 0. The van der Waals surface area contributed by atoms with Crippen molar-refractivity contribution in [2.24, 2.45) is 0 Å². The Morgan fingerprint density at radius 1 is 1.71 bits per heavy atom. The van der Waals surface area contributed by atoms with Crippen molar-refractivity contribution in [2.75, 3.05) is 11.9 Å². The third kappa shape index (κ3) is 3.02. The molecule has 3 heteroatoms. The fourth-order valence-electron chi connectivity index (χ4n) is 0.0423. The predicted molar refractivity (Wildman–Crippen MR) is 31.5 cm³/mol. The maximum atomic E-state index is 8.84. The summed E-state index contributed by atoms with van der Waals surface area (Å²) in [5, 5.41) is 17.6. The van der Waals surface area contributed by atoms with Crippen LogP contribution in [0.25, 0.3) is 0 Å². The molecule has 1 atom stereocenters. The zero-order valence-corrected chi connectivity index (χ0v) is 5.77. The Balaban J connectivity index is 3.36. The van der Waals surface area contributed by atoms with Crippen LogP contribution < -0.4 is 0 Å². The fraction of sp³-hybridized carbons (Fsp3) is 1.00. The first-order chi connectivity index (χ1) is 3.12. The van der Waals surface area contributed by atoms with E-state index in [2.05, 4.69) is 15.9 Å². The Bertz CT molecular complexity index is 47.7. The van der Waals surface area contributed by atoms with E-state index in [0.717, 1.165) is 0 Å². The lowest BCUT2D eigenvalue weighted by Crippen LogP contribution is -2.30. The summed E-state index contributed by atoms with van der Waals surface area (Å²) in [5.74, 6) is 0. The highest BCUT2D eigenvalue weighted by atomic mass is 79.9. The third-order valence-electron chi connectivity index (χ3n) is 0.629. The van der Waals surface area contributed by atoms with E-state index in [1.54, 1.807) is 6.92 Å². The minimum Gasteiger partial charge on any atom is -0.393 e. The lowest BCUT2D eigenvalue weighted by molar-refractivity contribution is 0.0235. The standard InChI is InChI=1S/C4H9BrO2/c1-4(7,2-5)3-6/h6-7H,2-3H2,1H3/t4-/m0/s1. The van der Waals surface area contributed by atoms with Crippen molar-refractivity contribution in [1.82, 2.24) is 0 Å². The lowest BCUT2D eigenvalue weighted by atomic mass is 10.2. The summed E-state index contributed by atoms with van der Waals surface area (Å²) in [6.45, 7) is 1.36. The van der Waals surface area contributed by atoms with E-state index in [1.807, 2.05) is 0 Å². The van der Waals surface area contributed by atoms with Crippen molar-refractivity contribution < 1.29 is 10.2 Å². The topological polar surface area (TPSA) is 40.5 Å². The van der Waals surface area contributed by atoms with Gasteiger partial charge < -0.3 is 10.2 Å². The minimum absolute atomic E-state index is 0.196. The molecular formula is C4H9BrO2. The molecule has 0 aliphatic heterocycles. The van der Waals surface area contributed by atoms with Gasteiger partial charge in [-0.2, -0.15) is 0 Å². The van der Waals surface area contributed by atoms with E-state index in [1.165, 1.54) is 0 Å². The first-order valence-corrected chi connectivity index (χ1v) is 3.14. The second-order valence-corrected chi connectivity index (χ2v) is 2.35. The van der Waals surface area contributed by atoms with Crippen LogP contribution in [0.1, 0.15) is 6.92 Å². The molecule has 7 heavy (non-hydrogen) atoms. The minimum atomic E-state index is -0.944. The molecule has 0 radical (unpaired) electrons. The number of aliphatic hydroxyl groups excluding tert-OH is 1. The lowest BCUT2D eigenvalue weighted by Gasteiger charge is -2.14. The van der Waals surface area contributed by atoms with Gasteiger partial charge in [-0.05, 0) is 6.92 Å². The van der Waals surface area contributed by atoms with Crippen molar-refractivity contribution >= 4 is 15.9 Å². The van der Waals surface area contributed by atoms with Crippen LogP contribution in [0, 0.1) is 0 Å². The summed E-state index contributed by atoms with van der Waals surface area (Å²) in [6.07, 6.45) is 0. The van der Waals surface area contributed by atoms with Crippen molar-refractivity contribution in [3.05, 3.63) is 0 Å². The maximum absolute atomic E-state index is 8.84. The normalized spacial score (nSPS) is 18.9. The molecule has 0 saturated carbocycles. The fourth-order valence-corrected chi connectivity index (χ4v) is 0.220. The van der Waals surface area contributed by atoms with Crippen LogP contribution in [0.5, 0.6) is 0 Å². The molecule has 0 aromatic rings. The Labute approximate surface area is 51.3 Å². The van der Waals surface area contributed by atoms with Crippen molar-refractivity contribution in [2.45, 2.75) is 12.5 Å². The van der Waals surface area contributed by atoms with Crippen molar-refractivity contribution in [3.8, 4) is 0 Å². The average molecular weight is 169 g/mol. The number of hydrogen-bond donors (Lipinski definition) is 2. The average Bonchev–Trinajstić information content (AvgIpc) is 1.68. The summed E-state index contributed by atoms with van der Waals surface area (Å²) in [7, 11) is 0. The summed E-state index contributed by atoms with van der Waals surface area (Å²) in [5.41, 5.74) is -0.944. The van der Waals surface area contributed by atoms with Gasteiger partial charge in [0.2, 0.25) is 0 Å². The second kappa shape index (κ2) is 2.64. The van der Waals surface area contributed by atoms with Crippen LogP contribution in [-0.4, -0.2) is 27.8 Å². The first kappa shape index (κ1) is 7.40. The molecule has 0 saturated heterocycles. The van der Waals surface area contributed by atoms with Crippen LogP contribution in [0.4, 0.5) is 0 Å².